The van der Waals surface area contributed by atoms with E-state index in [0.717, 1.165) is 4.90 Å². The quantitative estimate of drug-likeness (QED) is 0.416. The first-order valence-electron chi connectivity index (χ1n) is 4.90. The predicted molar refractivity (Wildman–Crippen MR) is 54.6 cm³/mol. The second-order valence-corrected chi connectivity index (χ2v) is 3.43. The van der Waals surface area contributed by atoms with Gasteiger partial charge >= 0.3 is 17.9 Å². The SMILES string of the molecule is CCCN(CC(=O)O)C(C(=O)O)C(O)C(=O)O. The molecular formula is C9H15NO7. The molecule has 0 saturated carbocycles. The summed E-state index contributed by atoms with van der Waals surface area (Å²) in [7, 11) is 0. The van der Waals surface area contributed by atoms with Crippen molar-refractivity contribution in [3.63, 3.8) is 0 Å². The second-order valence-electron chi connectivity index (χ2n) is 3.43. The maximum atomic E-state index is 10.9. The van der Waals surface area contributed by atoms with Crippen molar-refractivity contribution in [1.82, 2.24) is 4.90 Å². The first-order valence-corrected chi connectivity index (χ1v) is 4.90. The zero-order valence-electron chi connectivity index (χ0n) is 9.24. The van der Waals surface area contributed by atoms with Crippen LogP contribution in [0, 0.1) is 0 Å². The molecule has 0 radical (unpaired) electrons. The minimum absolute atomic E-state index is 0.0631. The van der Waals surface area contributed by atoms with Crippen LogP contribution in [0.3, 0.4) is 0 Å². The zero-order chi connectivity index (χ0) is 13.6. The molecule has 0 aromatic rings. The van der Waals surface area contributed by atoms with E-state index in [9.17, 15) is 19.5 Å². The molecule has 8 nitrogen and oxygen atoms in total. The molecule has 0 fully saturated rings. The first-order chi connectivity index (χ1) is 7.81. The molecule has 0 bridgehead atoms. The number of hydrogen-bond donors (Lipinski definition) is 4. The number of aliphatic carboxylic acids is 3. The molecule has 0 rings (SSSR count). The van der Waals surface area contributed by atoms with E-state index < -0.39 is 36.6 Å². The van der Waals surface area contributed by atoms with Crippen LogP contribution < -0.4 is 0 Å². The van der Waals surface area contributed by atoms with Gasteiger partial charge in [0.1, 0.15) is 6.04 Å². The van der Waals surface area contributed by atoms with E-state index in [-0.39, 0.29) is 6.54 Å². The van der Waals surface area contributed by atoms with Gasteiger partial charge in [-0.1, -0.05) is 6.92 Å². The van der Waals surface area contributed by atoms with E-state index in [1.54, 1.807) is 6.92 Å². The molecule has 8 heteroatoms. The molecule has 0 saturated heterocycles. The lowest BCUT2D eigenvalue weighted by atomic mass is 10.1. The third kappa shape index (κ3) is 4.79. The highest BCUT2D eigenvalue weighted by atomic mass is 16.4. The third-order valence-electron chi connectivity index (χ3n) is 2.05. The average Bonchev–Trinajstić information content (AvgIpc) is 2.16. The van der Waals surface area contributed by atoms with Crippen LogP contribution in [0.4, 0.5) is 0 Å². The summed E-state index contributed by atoms with van der Waals surface area (Å²) in [4.78, 5) is 32.9. The molecule has 17 heavy (non-hydrogen) atoms. The molecule has 0 aliphatic carbocycles. The number of carboxylic acids is 3. The van der Waals surface area contributed by atoms with Gasteiger partial charge < -0.3 is 20.4 Å². The number of nitrogens with zero attached hydrogens (tertiary/aromatic N) is 1. The summed E-state index contributed by atoms with van der Waals surface area (Å²) in [5.74, 6) is -4.57. The Balaban J connectivity index is 5.01. The van der Waals surface area contributed by atoms with E-state index in [2.05, 4.69) is 0 Å². The molecule has 0 spiro atoms. The Hall–Kier alpha value is -1.67. The highest BCUT2D eigenvalue weighted by Crippen LogP contribution is 2.07. The van der Waals surface area contributed by atoms with Gasteiger partial charge in [-0.25, -0.2) is 4.79 Å². The van der Waals surface area contributed by atoms with Gasteiger partial charge in [-0.2, -0.15) is 0 Å². The van der Waals surface area contributed by atoms with Gasteiger partial charge in [-0.15, -0.1) is 0 Å². The van der Waals surface area contributed by atoms with E-state index in [4.69, 9.17) is 15.3 Å². The molecule has 0 aromatic heterocycles. The normalized spacial score (nSPS) is 14.3. The lowest BCUT2D eigenvalue weighted by molar-refractivity contribution is -0.163. The van der Waals surface area contributed by atoms with Crippen molar-refractivity contribution in [3.05, 3.63) is 0 Å². The Morgan fingerprint density at radius 1 is 1.12 bits per heavy atom. The standard InChI is InChI=1S/C9H15NO7/c1-2-3-10(4-5(11)12)6(8(14)15)7(13)9(16)17/h6-7,13H,2-4H2,1H3,(H,11,12)(H,14,15)(H,16,17). The number of aliphatic hydroxyl groups is 1. The number of aliphatic hydroxyl groups excluding tert-OH is 1. The largest absolute Gasteiger partial charge is 0.480 e. The number of hydrogen-bond acceptors (Lipinski definition) is 5. The summed E-state index contributed by atoms with van der Waals surface area (Å²) in [6, 6.07) is -1.77. The Morgan fingerprint density at radius 3 is 1.94 bits per heavy atom. The van der Waals surface area contributed by atoms with Crippen LogP contribution in [0.25, 0.3) is 0 Å². The van der Waals surface area contributed by atoms with E-state index >= 15 is 0 Å². The Morgan fingerprint density at radius 2 is 1.65 bits per heavy atom. The van der Waals surface area contributed by atoms with Crippen LogP contribution in [0.5, 0.6) is 0 Å². The highest BCUT2D eigenvalue weighted by molar-refractivity contribution is 5.84. The lowest BCUT2D eigenvalue weighted by Gasteiger charge is -2.28. The smallest absolute Gasteiger partial charge is 0.334 e. The molecule has 0 aliphatic heterocycles. The van der Waals surface area contributed by atoms with Crippen molar-refractivity contribution >= 4 is 17.9 Å². The van der Waals surface area contributed by atoms with Gasteiger partial charge in [0.25, 0.3) is 0 Å². The van der Waals surface area contributed by atoms with Crippen LogP contribution in [0.2, 0.25) is 0 Å². The van der Waals surface area contributed by atoms with Crippen molar-refractivity contribution < 1.29 is 34.8 Å². The minimum atomic E-state index is -2.17. The number of rotatable bonds is 8. The molecule has 98 valence electrons. The van der Waals surface area contributed by atoms with E-state index in [1.807, 2.05) is 0 Å². The highest BCUT2D eigenvalue weighted by Gasteiger charge is 2.37. The fourth-order valence-corrected chi connectivity index (χ4v) is 1.40. The molecule has 4 N–H and O–H groups in total. The topological polar surface area (TPSA) is 135 Å². The van der Waals surface area contributed by atoms with Crippen molar-refractivity contribution in [2.75, 3.05) is 13.1 Å². The summed E-state index contributed by atoms with van der Waals surface area (Å²) in [5, 5.41) is 35.3. The molecule has 2 atom stereocenters. The molecular weight excluding hydrogens is 234 g/mol. The number of carboxylic acid groups (broad SMARTS) is 3. The monoisotopic (exact) mass is 249 g/mol. The van der Waals surface area contributed by atoms with Gasteiger partial charge in [-0.3, -0.25) is 14.5 Å². The van der Waals surface area contributed by atoms with Gasteiger partial charge in [0.05, 0.1) is 6.54 Å². The third-order valence-corrected chi connectivity index (χ3v) is 2.05. The summed E-state index contributed by atoms with van der Waals surface area (Å²) >= 11 is 0. The fourth-order valence-electron chi connectivity index (χ4n) is 1.40. The van der Waals surface area contributed by atoms with E-state index in [1.165, 1.54) is 0 Å². The van der Waals surface area contributed by atoms with Crippen molar-refractivity contribution in [3.8, 4) is 0 Å². The van der Waals surface area contributed by atoms with Crippen LogP contribution in [-0.4, -0.2) is 68.5 Å². The average molecular weight is 249 g/mol. The predicted octanol–water partition coefficient (Wildman–Crippen LogP) is -1.32. The Kier molecular flexibility index (Phi) is 6.15. The summed E-state index contributed by atoms with van der Waals surface area (Å²) < 4.78 is 0. The fraction of sp³-hybridized carbons (Fsp3) is 0.667. The number of carbonyl (C=O) groups is 3. The van der Waals surface area contributed by atoms with Crippen molar-refractivity contribution in [2.45, 2.75) is 25.5 Å². The first kappa shape index (κ1) is 15.3. The van der Waals surface area contributed by atoms with Crippen LogP contribution in [-0.2, 0) is 14.4 Å². The van der Waals surface area contributed by atoms with Gasteiger partial charge in [0.2, 0.25) is 0 Å². The van der Waals surface area contributed by atoms with E-state index in [0.29, 0.717) is 6.42 Å². The van der Waals surface area contributed by atoms with Crippen molar-refractivity contribution in [2.24, 2.45) is 0 Å². The molecule has 0 aliphatic rings. The Bertz CT molecular complexity index is 304. The summed E-state index contributed by atoms with van der Waals surface area (Å²) in [6.45, 7) is 1.10. The second kappa shape index (κ2) is 6.81. The van der Waals surface area contributed by atoms with Crippen molar-refractivity contribution in [1.29, 1.82) is 0 Å². The maximum Gasteiger partial charge on any atom is 0.334 e. The Labute approximate surface area is 97.1 Å². The lowest BCUT2D eigenvalue weighted by Crippen LogP contribution is -2.53. The summed E-state index contributed by atoms with van der Waals surface area (Å²) in [6.07, 6.45) is -1.73. The molecule has 0 aromatic carbocycles. The zero-order valence-corrected chi connectivity index (χ0v) is 9.24. The molecule has 0 amide bonds. The van der Waals surface area contributed by atoms with Crippen LogP contribution in [0.15, 0.2) is 0 Å². The minimum Gasteiger partial charge on any atom is -0.480 e. The van der Waals surface area contributed by atoms with Gasteiger partial charge in [-0.05, 0) is 13.0 Å². The summed E-state index contributed by atoms with van der Waals surface area (Å²) in [5.41, 5.74) is 0. The van der Waals surface area contributed by atoms with Gasteiger partial charge in [0, 0.05) is 0 Å². The molecule has 0 heterocycles. The van der Waals surface area contributed by atoms with Gasteiger partial charge in [0.15, 0.2) is 6.10 Å². The van der Waals surface area contributed by atoms with Crippen LogP contribution >= 0.6 is 0 Å². The van der Waals surface area contributed by atoms with Crippen LogP contribution in [0.1, 0.15) is 13.3 Å². The maximum absolute atomic E-state index is 10.9. The molecule has 2 unspecified atom stereocenters.